The van der Waals surface area contributed by atoms with E-state index in [-0.39, 0.29) is 22.8 Å². The number of halogens is 1. The molecule has 0 radical (unpaired) electrons. The molecule has 1 fully saturated rings. The molecule has 4 nitrogen and oxygen atoms in total. The molecule has 0 N–H and O–H groups in total. The number of amidine groups is 1. The highest BCUT2D eigenvalue weighted by atomic mass is 35.5. The molecule has 1 saturated heterocycles. The minimum Gasteiger partial charge on any atom is -0.317 e. The van der Waals surface area contributed by atoms with Crippen LogP contribution in [0.25, 0.3) is 0 Å². The first-order valence-electron chi connectivity index (χ1n) is 8.99. The Balaban J connectivity index is 1.64. The first kappa shape index (κ1) is 18.8. The molecule has 27 heavy (non-hydrogen) atoms. The van der Waals surface area contributed by atoms with Crippen molar-refractivity contribution in [2.45, 2.75) is 31.2 Å². The van der Waals surface area contributed by atoms with E-state index in [9.17, 15) is 8.42 Å². The Hall–Kier alpha value is -1.50. The smallest absolute Gasteiger partial charge is 0.164 e. The lowest BCUT2D eigenvalue weighted by Crippen LogP contribution is -2.28. The number of aliphatic imine (C=N–C) groups is 1. The van der Waals surface area contributed by atoms with Crippen molar-refractivity contribution in [3.8, 4) is 0 Å². The maximum Gasteiger partial charge on any atom is 0.164 e. The van der Waals surface area contributed by atoms with Crippen LogP contribution in [0.3, 0.4) is 0 Å². The maximum absolute atomic E-state index is 11.9. The second kappa shape index (κ2) is 7.49. The fraction of sp³-hybridized carbons (Fsp3) is 0.350. The zero-order chi connectivity index (χ0) is 19.0. The number of nitrogens with zero attached hydrogens (tertiary/aromatic N) is 2. The molecule has 2 atom stereocenters. The topological polar surface area (TPSA) is 49.7 Å². The Kier molecular flexibility index (Phi) is 5.23. The summed E-state index contributed by atoms with van der Waals surface area (Å²) in [4.78, 5) is 6.96. The third-order valence-corrected chi connectivity index (χ3v) is 8.45. The lowest BCUT2D eigenvalue weighted by molar-refractivity contribution is 0.601. The summed E-state index contributed by atoms with van der Waals surface area (Å²) in [6.07, 6.45) is 0.995. The van der Waals surface area contributed by atoms with Crippen LogP contribution in [0, 0.1) is 0 Å². The van der Waals surface area contributed by atoms with Crippen LogP contribution in [-0.4, -0.2) is 36.4 Å². The molecule has 0 aliphatic carbocycles. The third-order valence-electron chi connectivity index (χ3n) is 4.95. The summed E-state index contributed by atoms with van der Waals surface area (Å²) in [7, 11) is -2.95. The molecule has 0 saturated carbocycles. The van der Waals surface area contributed by atoms with Crippen molar-refractivity contribution in [3.05, 3.63) is 64.7 Å². The Bertz CT molecular complexity index is 956. The third kappa shape index (κ3) is 4.18. The number of hydrogen-bond donors (Lipinski definition) is 0. The van der Waals surface area contributed by atoms with Crippen molar-refractivity contribution < 1.29 is 8.42 Å². The van der Waals surface area contributed by atoms with Crippen LogP contribution in [0.1, 0.15) is 18.1 Å². The molecule has 0 unspecified atom stereocenters. The van der Waals surface area contributed by atoms with E-state index >= 15 is 0 Å². The van der Waals surface area contributed by atoms with Gasteiger partial charge in [0.25, 0.3) is 0 Å². The van der Waals surface area contributed by atoms with Crippen LogP contribution in [0.5, 0.6) is 0 Å². The molecule has 0 amide bonds. The van der Waals surface area contributed by atoms with Gasteiger partial charge in [0.2, 0.25) is 0 Å². The van der Waals surface area contributed by atoms with Gasteiger partial charge >= 0.3 is 0 Å². The van der Waals surface area contributed by atoms with Gasteiger partial charge in [0.15, 0.2) is 15.0 Å². The fourth-order valence-electron chi connectivity index (χ4n) is 3.42. The van der Waals surface area contributed by atoms with E-state index in [1.807, 2.05) is 24.3 Å². The summed E-state index contributed by atoms with van der Waals surface area (Å²) < 4.78 is 23.8. The molecular formula is C20H21ClN2O2S2. The lowest BCUT2D eigenvalue weighted by Gasteiger charge is -2.25. The van der Waals surface area contributed by atoms with Gasteiger partial charge in [0.1, 0.15) is 0 Å². The molecule has 2 aromatic carbocycles. The van der Waals surface area contributed by atoms with Gasteiger partial charge in [-0.1, -0.05) is 54.6 Å². The Labute approximate surface area is 169 Å². The number of benzene rings is 2. The first-order chi connectivity index (χ1) is 12.9. The summed E-state index contributed by atoms with van der Waals surface area (Å²) in [5.41, 5.74) is 3.48. The number of thioether (sulfide) groups is 1. The first-order valence-corrected chi connectivity index (χ1v) is 12.1. The molecule has 0 bridgehead atoms. The highest BCUT2D eigenvalue weighted by Crippen LogP contribution is 2.37. The van der Waals surface area contributed by atoms with Gasteiger partial charge in [-0.15, -0.1) is 0 Å². The number of fused-ring (bicyclic) bond motifs is 1. The van der Waals surface area contributed by atoms with Crippen molar-refractivity contribution in [1.82, 2.24) is 0 Å². The van der Waals surface area contributed by atoms with Gasteiger partial charge in [-0.25, -0.2) is 8.42 Å². The summed E-state index contributed by atoms with van der Waals surface area (Å²) in [6.45, 7) is 2.81. The quantitative estimate of drug-likeness (QED) is 0.744. The Morgan fingerprint density at radius 1 is 1.07 bits per heavy atom. The molecule has 2 heterocycles. The summed E-state index contributed by atoms with van der Waals surface area (Å²) in [5.74, 6) is 0.386. The molecule has 7 heteroatoms. The summed E-state index contributed by atoms with van der Waals surface area (Å²) in [6, 6.07) is 16.2. The van der Waals surface area contributed by atoms with Gasteiger partial charge in [0.05, 0.1) is 24.1 Å². The van der Waals surface area contributed by atoms with Crippen molar-refractivity contribution in [3.63, 3.8) is 0 Å². The molecular weight excluding hydrogens is 400 g/mol. The zero-order valence-electron chi connectivity index (χ0n) is 15.0. The minimum absolute atomic E-state index is 0.0348. The average Bonchev–Trinajstić information content (AvgIpc) is 3.14. The van der Waals surface area contributed by atoms with Crippen LogP contribution in [0.4, 0.5) is 5.69 Å². The van der Waals surface area contributed by atoms with Crippen LogP contribution < -0.4 is 4.90 Å². The van der Waals surface area contributed by atoms with Gasteiger partial charge in [0, 0.05) is 16.0 Å². The molecule has 0 aromatic heterocycles. The molecule has 0 spiro atoms. The van der Waals surface area contributed by atoms with E-state index in [2.05, 4.69) is 36.1 Å². The lowest BCUT2D eigenvalue weighted by atomic mass is 10.1. The Morgan fingerprint density at radius 2 is 1.74 bits per heavy atom. The van der Waals surface area contributed by atoms with Crippen molar-refractivity contribution >= 4 is 44.1 Å². The zero-order valence-corrected chi connectivity index (χ0v) is 17.4. The number of rotatable bonds is 4. The SMILES string of the molecule is CCc1ccc(N(Cc2ccc(Cl)cc2)C2=N[C@@H]3CS(=O)(=O)C[C@@H]3S2)cc1. The standard InChI is InChI=1S/C20H21ClN2O2S2/c1-2-14-5-9-17(10-6-14)23(11-15-3-7-16(21)8-4-15)20-22-18-12-27(24,25)13-19(18)26-20/h3-10,18-19H,2,11-13H2,1H3/t18-,19+/m1/s1. The van der Waals surface area contributed by atoms with E-state index in [0.29, 0.717) is 11.6 Å². The van der Waals surface area contributed by atoms with Crippen molar-refractivity contribution in [1.29, 1.82) is 0 Å². The monoisotopic (exact) mass is 420 g/mol. The van der Waals surface area contributed by atoms with Crippen LogP contribution in [0.15, 0.2) is 53.5 Å². The highest BCUT2D eigenvalue weighted by Gasteiger charge is 2.43. The van der Waals surface area contributed by atoms with Crippen molar-refractivity contribution in [2.75, 3.05) is 16.4 Å². The second-order valence-corrected chi connectivity index (χ2v) is 10.7. The van der Waals surface area contributed by atoms with Crippen LogP contribution >= 0.6 is 23.4 Å². The predicted molar refractivity (Wildman–Crippen MR) is 115 cm³/mol. The van der Waals surface area contributed by atoms with Crippen LogP contribution in [0.2, 0.25) is 5.02 Å². The number of hydrogen-bond acceptors (Lipinski definition) is 5. The van der Waals surface area contributed by atoms with Gasteiger partial charge in [-0.05, 0) is 41.8 Å². The maximum atomic E-state index is 11.9. The number of aryl methyl sites for hydroxylation is 1. The van der Waals surface area contributed by atoms with E-state index in [0.717, 1.165) is 22.8 Å². The fourth-order valence-corrected chi connectivity index (χ4v) is 7.33. The van der Waals surface area contributed by atoms with Gasteiger partial charge in [-0.3, -0.25) is 4.99 Å². The molecule has 2 aliphatic heterocycles. The molecule has 2 aromatic rings. The van der Waals surface area contributed by atoms with Gasteiger partial charge < -0.3 is 4.90 Å². The van der Waals surface area contributed by atoms with E-state index < -0.39 is 9.84 Å². The van der Waals surface area contributed by atoms with Crippen molar-refractivity contribution in [2.24, 2.45) is 4.99 Å². The summed E-state index contributed by atoms with van der Waals surface area (Å²) >= 11 is 7.61. The molecule has 142 valence electrons. The highest BCUT2D eigenvalue weighted by molar-refractivity contribution is 8.15. The predicted octanol–water partition coefficient (Wildman–Crippen LogP) is 4.18. The Morgan fingerprint density at radius 3 is 2.37 bits per heavy atom. The van der Waals surface area contributed by atoms with E-state index in [4.69, 9.17) is 16.6 Å². The normalized spacial score (nSPS) is 23.1. The number of anilines is 1. The largest absolute Gasteiger partial charge is 0.317 e. The van der Waals surface area contributed by atoms with E-state index in [1.54, 1.807) is 11.8 Å². The van der Waals surface area contributed by atoms with Crippen LogP contribution in [-0.2, 0) is 22.8 Å². The average molecular weight is 421 g/mol. The minimum atomic E-state index is -2.95. The molecule has 2 aliphatic rings. The second-order valence-electron chi connectivity index (χ2n) is 6.94. The van der Waals surface area contributed by atoms with Gasteiger partial charge in [-0.2, -0.15) is 0 Å². The summed E-state index contributed by atoms with van der Waals surface area (Å²) in [5, 5.41) is 1.65. The van der Waals surface area contributed by atoms with E-state index in [1.165, 1.54) is 5.56 Å². The number of sulfone groups is 1. The molecule has 4 rings (SSSR count).